The van der Waals surface area contributed by atoms with Crippen molar-refractivity contribution in [2.24, 2.45) is 13.0 Å². The lowest BCUT2D eigenvalue weighted by Gasteiger charge is -2.19. The van der Waals surface area contributed by atoms with Crippen molar-refractivity contribution < 1.29 is 4.79 Å². The van der Waals surface area contributed by atoms with Crippen LogP contribution in [0, 0.1) is 5.92 Å². The number of hydrogen-bond acceptors (Lipinski definition) is 5. The largest absolute Gasteiger partial charge is 0.325 e. The highest BCUT2D eigenvalue weighted by Crippen LogP contribution is 2.31. The molecule has 3 rings (SSSR count). The average Bonchev–Trinajstić information content (AvgIpc) is 3.23. The lowest BCUT2D eigenvalue weighted by Crippen LogP contribution is -2.29. The zero-order chi connectivity index (χ0) is 17.8. The van der Waals surface area contributed by atoms with E-state index in [2.05, 4.69) is 15.5 Å². The molecule has 130 valence electrons. The molecule has 1 amide bonds. The van der Waals surface area contributed by atoms with Crippen LogP contribution in [0.4, 0.5) is 5.69 Å². The van der Waals surface area contributed by atoms with E-state index in [1.54, 1.807) is 11.3 Å². The van der Waals surface area contributed by atoms with Crippen molar-refractivity contribution in [3.63, 3.8) is 0 Å². The smallest absolute Gasteiger partial charge is 0.238 e. The Morgan fingerprint density at radius 3 is 2.56 bits per heavy atom. The number of aromatic nitrogens is 3. The Morgan fingerprint density at radius 1 is 1.16 bits per heavy atom. The van der Waals surface area contributed by atoms with Crippen LogP contribution in [0.15, 0.2) is 53.0 Å². The number of benzene rings is 1. The maximum atomic E-state index is 12.7. The highest BCUT2D eigenvalue weighted by Gasteiger charge is 2.26. The van der Waals surface area contributed by atoms with E-state index in [9.17, 15) is 4.79 Å². The Hall–Kier alpha value is -2.12. The first-order valence-electron chi connectivity index (χ1n) is 8.02. The second-order valence-electron chi connectivity index (χ2n) is 5.98. The van der Waals surface area contributed by atoms with E-state index < -0.39 is 0 Å². The summed E-state index contributed by atoms with van der Waals surface area (Å²) in [6.45, 7) is 4.08. The lowest BCUT2D eigenvalue weighted by atomic mass is 10.1. The molecule has 0 saturated heterocycles. The molecular weight excluding hydrogens is 352 g/mol. The molecule has 2 heterocycles. The van der Waals surface area contributed by atoms with Gasteiger partial charge in [0.15, 0.2) is 11.0 Å². The highest BCUT2D eigenvalue weighted by molar-refractivity contribution is 8.00. The fourth-order valence-electron chi connectivity index (χ4n) is 2.38. The molecule has 0 radical (unpaired) electrons. The summed E-state index contributed by atoms with van der Waals surface area (Å²) >= 11 is 3.08. The third-order valence-electron chi connectivity index (χ3n) is 3.71. The number of para-hydroxylation sites is 1. The van der Waals surface area contributed by atoms with Gasteiger partial charge in [-0.15, -0.1) is 21.5 Å². The van der Waals surface area contributed by atoms with Crippen molar-refractivity contribution in [3.05, 3.63) is 47.8 Å². The molecule has 0 aliphatic heterocycles. The predicted octanol–water partition coefficient (Wildman–Crippen LogP) is 4.30. The normalized spacial score (nSPS) is 12.3. The molecule has 1 N–H and O–H groups in total. The van der Waals surface area contributed by atoms with Crippen LogP contribution in [0.1, 0.15) is 13.8 Å². The van der Waals surface area contributed by atoms with Gasteiger partial charge in [0.2, 0.25) is 5.91 Å². The fourth-order valence-corrected chi connectivity index (χ4v) is 4.12. The Morgan fingerprint density at radius 2 is 1.92 bits per heavy atom. The third kappa shape index (κ3) is 4.11. The van der Waals surface area contributed by atoms with Gasteiger partial charge in [-0.05, 0) is 29.5 Å². The van der Waals surface area contributed by atoms with Gasteiger partial charge in [-0.2, -0.15) is 0 Å². The average molecular weight is 373 g/mol. The molecule has 0 spiro atoms. The molecule has 0 aliphatic carbocycles. The third-order valence-corrected chi connectivity index (χ3v) is 6.16. The summed E-state index contributed by atoms with van der Waals surface area (Å²) in [5.41, 5.74) is 0.802. The molecule has 3 aromatic rings. The van der Waals surface area contributed by atoms with Crippen molar-refractivity contribution in [1.29, 1.82) is 0 Å². The summed E-state index contributed by atoms with van der Waals surface area (Å²) in [6, 6.07) is 13.5. The van der Waals surface area contributed by atoms with Gasteiger partial charge >= 0.3 is 0 Å². The van der Waals surface area contributed by atoms with Crippen LogP contribution in [-0.2, 0) is 11.8 Å². The Labute approximate surface area is 155 Å². The first kappa shape index (κ1) is 17.7. The molecule has 1 unspecified atom stereocenters. The van der Waals surface area contributed by atoms with E-state index in [1.165, 1.54) is 11.8 Å². The minimum absolute atomic E-state index is 0.0214. The minimum Gasteiger partial charge on any atom is -0.325 e. The summed E-state index contributed by atoms with van der Waals surface area (Å²) in [4.78, 5) is 13.8. The molecule has 2 aromatic heterocycles. The number of nitrogens with zero attached hydrogens (tertiary/aromatic N) is 3. The molecule has 5 nitrogen and oxygen atoms in total. The van der Waals surface area contributed by atoms with Crippen LogP contribution >= 0.6 is 23.1 Å². The number of carbonyl (C=O) groups excluding carboxylic acids is 1. The number of thiophene rings is 1. The van der Waals surface area contributed by atoms with E-state index in [0.717, 1.165) is 21.5 Å². The number of nitrogens with one attached hydrogen (secondary N) is 1. The number of hydrogen-bond donors (Lipinski definition) is 1. The molecule has 1 atom stereocenters. The van der Waals surface area contributed by atoms with Crippen molar-refractivity contribution >= 4 is 34.7 Å². The van der Waals surface area contributed by atoms with Crippen LogP contribution in [0.5, 0.6) is 0 Å². The number of anilines is 1. The maximum Gasteiger partial charge on any atom is 0.238 e. The quantitative estimate of drug-likeness (QED) is 0.656. The van der Waals surface area contributed by atoms with Crippen LogP contribution in [0.3, 0.4) is 0 Å². The van der Waals surface area contributed by atoms with Gasteiger partial charge in [-0.1, -0.05) is 49.9 Å². The second kappa shape index (κ2) is 7.84. The Bertz CT molecular complexity index is 828. The number of carbonyl (C=O) groups is 1. The highest BCUT2D eigenvalue weighted by atomic mass is 32.2. The van der Waals surface area contributed by atoms with E-state index in [4.69, 9.17) is 0 Å². The van der Waals surface area contributed by atoms with Crippen LogP contribution in [0.2, 0.25) is 0 Å². The molecule has 1 aromatic carbocycles. The fraction of sp³-hybridized carbons (Fsp3) is 0.278. The molecule has 0 saturated carbocycles. The molecular formula is C18H20N4OS2. The van der Waals surface area contributed by atoms with Crippen molar-refractivity contribution in [2.45, 2.75) is 24.3 Å². The summed E-state index contributed by atoms with van der Waals surface area (Å²) in [5, 5.41) is 14.1. The molecule has 25 heavy (non-hydrogen) atoms. The maximum absolute atomic E-state index is 12.7. The monoisotopic (exact) mass is 372 g/mol. The minimum atomic E-state index is -0.251. The first-order valence-corrected chi connectivity index (χ1v) is 9.78. The zero-order valence-corrected chi connectivity index (χ0v) is 16.0. The summed E-state index contributed by atoms with van der Waals surface area (Å²) < 4.78 is 1.95. The van der Waals surface area contributed by atoms with E-state index in [0.29, 0.717) is 0 Å². The van der Waals surface area contributed by atoms with Gasteiger partial charge in [0, 0.05) is 12.7 Å². The summed E-state index contributed by atoms with van der Waals surface area (Å²) in [7, 11) is 1.93. The molecule has 7 heteroatoms. The standard InChI is InChI=1S/C18H20N4OS2/c1-12(2)15(17(23)19-13-8-5-4-6-9-13)25-18-21-20-16(22(18)3)14-10-7-11-24-14/h4-12,15H,1-3H3,(H,19,23). The van der Waals surface area contributed by atoms with Gasteiger partial charge in [0.1, 0.15) is 0 Å². The zero-order valence-electron chi connectivity index (χ0n) is 14.3. The van der Waals surface area contributed by atoms with Gasteiger partial charge < -0.3 is 9.88 Å². The summed E-state index contributed by atoms with van der Waals surface area (Å²) in [6.07, 6.45) is 0. The van der Waals surface area contributed by atoms with Crippen molar-refractivity contribution in [1.82, 2.24) is 14.8 Å². The van der Waals surface area contributed by atoms with Crippen LogP contribution in [0.25, 0.3) is 10.7 Å². The lowest BCUT2D eigenvalue weighted by molar-refractivity contribution is -0.116. The summed E-state index contributed by atoms with van der Waals surface area (Å²) in [5.74, 6) is 0.964. The SMILES string of the molecule is CC(C)C(Sc1nnc(-c2cccs2)n1C)C(=O)Nc1ccccc1. The van der Waals surface area contributed by atoms with Crippen molar-refractivity contribution in [2.75, 3.05) is 5.32 Å². The number of thioether (sulfide) groups is 1. The van der Waals surface area contributed by atoms with E-state index >= 15 is 0 Å². The van der Waals surface area contributed by atoms with Gasteiger partial charge in [-0.3, -0.25) is 4.79 Å². The molecule has 0 aliphatic rings. The Balaban J connectivity index is 1.77. The van der Waals surface area contributed by atoms with Crippen LogP contribution in [-0.4, -0.2) is 25.9 Å². The Kier molecular flexibility index (Phi) is 5.55. The number of amides is 1. The second-order valence-corrected chi connectivity index (χ2v) is 8.04. The van der Waals surface area contributed by atoms with Crippen molar-refractivity contribution in [3.8, 4) is 10.7 Å². The molecule has 0 fully saturated rings. The molecule has 0 bridgehead atoms. The predicted molar refractivity (Wildman–Crippen MR) is 104 cm³/mol. The van der Waals surface area contributed by atoms with E-state index in [-0.39, 0.29) is 17.1 Å². The topological polar surface area (TPSA) is 59.8 Å². The van der Waals surface area contributed by atoms with Crippen LogP contribution < -0.4 is 5.32 Å². The number of rotatable bonds is 6. The van der Waals surface area contributed by atoms with Gasteiger partial charge in [-0.25, -0.2) is 0 Å². The van der Waals surface area contributed by atoms with E-state index in [1.807, 2.05) is 73.3 Å². The van der Waals surface area contributed by atoms with Gasteiger partial charge in [0.05, 0.1) is 10.1 Å². The van der Waals surface area contributed by atoms with Gasteiger partial charge in [0.25, 0.3) is 0 Å². The first-order chi connectivity index (χ1) is 12.1.